The van der Waals surface area contributed by atoms with Crippen LogP contribution in [0, 0.1) is 22.5 Å². The summed E-state index contributed by atoms with van der Waals surface area (Å²) in [5.74, 6) is 0. The molecule has 18 heavy (non-hydrogen) atoms. The maximum absolute atomic E-state index is 10.8. The number of hydrogen-bond acceptors (Lipinski definition) is 3. The van der Waals surface area contributed by atoms with Crippen molar-refractivity contribution in [2.24, 2.45) is 5.41 Å². The van der Waals surface area contributed by atoms with Gasteiger partial charge in [0.25, 0.3) is 5.69 Å². The highest BCUT2D eigenvalue weighted by molar-refractivity contribution is 5.57. The molecule has 4 nitrogen and oxygen atoms in total. The fourth-order valence-corrected chi connectivity index (χ4v) is 2.42. The minimum atomic E-state index is -0.344. The van der Waals surface area contributed by atoms with Crippen LogP contribution in [0.2, 0.25) is 0 Å². The predicted octanol–water partition coefficient (Wildman–Crippen LogP) is 3.90. The van der Waals surface area contributed by atoms with Crippen LogP contribution >= 0.6 is 0 Å². The summed E-state index contributed by atoms with van der Waals surface area (Å²) >= 11 is 0. The molecule has 0 bridgehead atoms. The zero-order chi connectivity index (χ0) is 13.2. The molecule has 0 spiro atoms. The van der Waals surface area contributed by atoms with E-state index in [0.717, 1.165) is 17.8 Å². The summed E-state index contributed by atoms with van der Waals surface area (Å²) in [4.78, 5) is 10.4. The summed E-state index contributed by atoms with van der Waals surface area (Å²) in [6.45, 7) is 5.12. The standard InChI is InChI=1S/C14H20N2O2/c1-3-6-14(7-8-14)10-15-13-9-12(16(17)18)5-4-11(13)2/h4-5,9,15H,3,6-8,10H2,1-2H3. The second-order valence-electron chi connectivity index (χ2n) is 5.36. The number of nitrogens with one attached hydrogen (secondary N) is 1. The van der Waals surface area contributed by atoms with Gasteiger partial charge in [-0.3, -0.25) is 10.1 Å². The molecule has 1 N–H and O–H groups in total. The third-order valence-corrected chi connectivity index (χ3v) is 3.82. The SMILES string of the molecule is CCCC1(CNc2cc([N+](=O)[O-])ccc2C)CC1. The van der Waals surface area contributed by atoms with Crippen LogP contribution in [0.1, 0.15) is 38.2 Å². The first kappa shape index (κ1) is 12.9. The molecule has 0 aliphatic heterocycles. The Bertz CT molecular complexity index is 453. The Kier molecular flexibility index (Phi) is 3.55. The first-order chi connectivity index (χ1) is 8.56. The average molecular weight is 248 g/mol. The van der Waals surface area contributed by atoms with Crippen LogP contribution in [0.5, 0.6) is 0 Å². The lowest BCUT2D eigenvalue weighted by Gasteiger charge is -2.17. The summed E-state index contributed by atoms with van der Waals surface area (Å²) in [6.07, 6.45) is 5.01. The minimum absolute atomic E-state index is 0.156. The second kappa shape index (κ2) is 4.96. The second-order valence-corrected chi connectivity index (χ2v) is 5.36. The van der Waals surface area contributed by atoms with E-state index in [2.05, 4.69) is 12.2 Å². The third kappa shape index (κ3) is 2.81. The van der Waals surface area contributed by atoms with E-state index in [1.807, 2.05) is 6.92 Å². The molecule has 0 amide bonds. The highest BCUT2D eigenvalue weighted by atomic mass is 16.6. The molecule has 1 fully saturated rings. The van der Waals surface area contributed by atoms with E-state index >= 15 is 0 Å². The van der Waals surface area contributed by atoms with Gasteiger partial charge >= 0.3 is 0 Å². The number of nitro benzene ring substituents is 1. The van der Waals surface area contributed by atoms with Crippen molar-refractivity contribution < 1.29 is 4.92 Å². The van der Waals surface area contributed by atoms with Crippen LogP contribution in [-0.4, -0.2) is 11.5 Å². The molecule has 1 aliphatic rings. The number of anilines is 1. The van der Waals surface area contributed by atoms with E-state index in [1.54, 1.807) is 18.2 Å². The molecule has 0 saturated heterocycles. The average Bonchev–Trinajstić information content (AvgIpc) is 3.08. The van der Waals surface area contributed by atoms with Crippen LogP contribution in [0.15, 0.2) is 18.2 Å². The molecule has 4 heteroatoms. The van der Waals surface area contributed by atoms with Gasteiger partial charge < -0.3 is 5.32 Å². The Balaban J connectivity index is 2.04. The maximum Gasteiger partial charge on any atom is 0.271 e. The van der Waals surface area contributed by atoms with E-state index in [-0.39, 0.29) is 10.6 Å². The topological polar surface area (TPSA) is 55.2 Å². The highest BCUT2D eigenvalue weighted by Gasteiger charge is 2.41. The van der Waals surface area contributed by atoms with E-state index in [0.29, 0.717) is 5.41 Å². The molecule has 1 aromatic rings. The minimum Gasteiger partial charge on any atom is -0.384 e. The summed E-state index contributed by atoms with van der Waals surface area (Å²) in [5, 5.41) is 14.1. The van der Waals surface area contributed by atoms with E-state index < -0.39 is 0 Å². The first-order valence-electron chi connectivity index (χ1n) is 6.55. The number of rotatable bonds is 6. The zero-order valence-corrected chi connectivity index (χ0v) is 11.0. The van der Waals surface area contributed by atoms with Gasteiger partial charge in [0, 0.05) is 24.4 Å². The van der Waals surface area contributed by atoms with Gasteiger partial charge in [-0.25, -0.2) is 0 Å². The van der Waals surface area contributed by atoms with Gasteiger partial charge in [-0.15, -0.1) is 0 Å². The third-order valence-electron chi connectivity index (χ3n) is 3.82. The van der Waals surface area contributed by atoms with E-state index in [9.17, 15) is 10.1 Å². The largest absolute Gasteiger partial charge is 0.384 e. The van der Waals surface area contributed by atoms with Crippen molar-refractivity contribution in [3.05, 3.63) is 33.9 Å². The first-order valence-corrected chi connectivity index (χ1v) is 6.55. The zero-order valence-electron chi connectivity index (χ0n) is 11.0. The van der Waals surface area contributed by atoms with E-state index in [1.165, 1.54) is 25.7 Å². The van der Waals surface area contributed by atoms with Gasteiger partial charge in [0.1, 0.15) is 0 Å². The van der Waals surface area contributed by atoms with Gasteiger partial charge in [0.05, 0.1) is 4.92 Å². The van der Waals surface area contributed by atoms with E-state index in [4.69, 9.17) is 0 Å². The molecular weight excluding hydrogens is 228 g/mol. The summed E-state index contributed by atoms with van der Waals surface area (Å²) in [5.41, 5.74) is 2.56. The van der Waals surface area contributed by atoms with Gasteiger partial charge in [-0.1, -0.05) is 19.4 Å². The number of nitrogens with zero attached hydrogens (tertiary/aromatic N) is 1. The predicted molar refractivity (Wildman–Crippen MR) is 72.9 cm³/mol. The molecule has 0 unspecified atom stereocenters. The monoisotopic (exact) mass is 248 g/mol. The Morgan fingerprint density at radius 2 is 2.17 bits per heavy atom. The number of nitro groups is 1. The molecule has 1 aliphatic carbocycles. The van der Waals surface area contributed by atoms with Crippen molar-refractivity contribution in [3.63, 3.8) is 0 Å². The Morgan fingerprint density at radius 1 is 1.44 bits per heavy atom. The normalized spacial score (nSPS) is 16.3. The molecule has 2 rings (SSSR count). The van der Waals surface area contributed by atoms with Crippen molar-refractivity contribution in [2.45, 2.75) is 39.5 Å². The van der Waals surface area contributed by atoms with Gasteiger partial charge in [0.2, 0.25) is 0 Å². The molecular formula is C14H20N2O2. The lowest BCUT2D eigenvalue weighted by atomic mass is 10.0. The van der Waals surface area contributed by atoms with Crippen LogP contribution in [-0.2, 0) is 0 Å². The van der Waals surface area contributed by atoms with Crippen molar-refractivity contribution >= 4 is 11.4 Å². The van der Waals surface area contributed by atoms with Crippen molar-refractivity contribution in [3.8, 4) is 0 Å². The van der Waals surface area contributed by atoms with Crippen molar-refractivity contribution in [1.29, 1.82) is 0 Å². The Morgan fingerprint density at radius 3 is 2.72 bits per heavy atom. The Hall–Kier alpha value is -1.58. The number of aryl methyl sites for hydroxylation is 1. The lowest BCUT2D eigenvalue weighted by Crippen LogP contribution is -2.15. The quantitative estimate of drug-likeness (QED) is 0.613. The molecule has 1 saturated carbocycles. The van der Waals surface area contributed by atoms with Crippen LogP contribution in [0.25, 0.3) is 0 Å². The van der Waals surface area contributed by atoms with Crippen molar-refractivity contribution in [1.82, 2.24) is 0 Å². The van der Waals surface area contributed by atoms with Gasteiger partial charge in [-0.05, 0) is 37.2 Å². The number of non-ortho nitro benzene ring substituents is 1. The molecule has 0 heterocycles. The van der Waals surface area contributed by atoms with Crippen LogP contribution < -0.4 is 5.32 Å². The summed E-state index contributed by atoms with van der Waals surface area (Å²) in [7, 11) is 0. The fraction of sp³-hybridized carbons (Fsp3) is 0.571. The van der Waals surface area contributed by atoms with Crippen LogP contribution in [0.4, 0.5) is 11.4 Å². The smallest absolute Gasteiger partial charge is 0.271 e. The molecule has 1 aromatic carbocycles. The van der Waals surface area contributed by atoms with Gasteiger partial charge in [-0.2, -0.15) is 0 Å². The maximum atomic E-state index is 10.8. The Labute approximate surface area is 108 Å². The highest BCUT2D eigenvalue weighted by Crippen LogP contribution is 2.49. The summed E-state index contributed by atoms with van der Waals surface area (Å²) in [6, 6.07) is 5.00. The molecule has 0 radical (unpaired) electrons. The van der Waals surface area contributed by atoms with Crippen molar-refractivity contribution in [2.75, 3.05) is 11.9 Å². The molecule has 0 atom stereocenters. The molecule has 98 valence electrons. The fourth-order valence-electron chi connectivity index (χ4n) is 2.42. The summed E-state index contributed by atoms with van der Waals surface area (Å²) < 4.78 is 0. The number of benzene rings is 1. The number of hydrogen-bond donors (Lipinski definition) is 1. The van der Waals surface area contributed by atoms with Crippen LogP contribution in [0.3, 0.4) is 0 Å². The lowest BCUT2D eigenvalue weighted by molar-refractivity contribution is -0.384. The van der Waals surface area contributed by atoms with Gasteiger partial charge in [0.15, 0.2) is 0 Å². The molecule has 0 aromatic heterocycles.